The van der Waals surface area contributed by atoms with Crippen molar-refractivity contribution < 1.29 is 4.42 Å². The monoisotopic (exact) mass is 389 g/mol. The number of halogens is 2. The maximum Gasteiger partial charge on any atom is 0.177 e. The Kier molecular flexibility index (Phi) is 3.64. The van der Waals surface area contributed by atoms with E-state index in [1.165, 1.54) is 5.56 Å². The number of nitrogens with zero attached hydrogens (tertiary/aromatic N) is 1. The fourth-order valence-electron chi connectivity index (χ4n) is 2.21. The van der Waals surface area contributed by atoms with Crippen LogP contribution in [0.3, 0.4) is 0 Å². The zero-order chi connectivity index (χ0) is 14.1. The molecule has 0 unspecified atom stereocenters. The van der Waals surface area contributed by atoms with Crippen LogP contribution in [0.25, 0.3) is 22.1 Å². The Hall–Kier alpha value is -1.57. The van der Waals surface area contributed by atoms with Crippen molar-refractivity contribution >= 4 is 42.6 Å². The molecule has 0 aliphatic heterocycles. The number of benzene rings is 2. The molecular formula is C16H9Br2NO. The summed E-state index contributed by atoms with van der Waals surface area (Å²) in [6, 6.07) is 15.8. The van der Waals surface area contributed by atoms with Crippen LogP contribution in [0.1, 0.15) is 11.1 Å². The molecule has 3 rings (SSSR count). The molecular weight excluding hydrogens is 382 g/mol. The second-order valence-electron chi connectivity index (χ2n) is 4.38. The lowest BCUT2D eigenvalue weighted by atomic mass is 10.0. The summed E-state index contributed by atoms with van der Waals surface area (Å²) in [5, 5.41) is 12.0. The fraction of sp³-hybridized carbons (Fsp3) is 0.0625. The zero-order valence-corrected chi connectivity index (χ0v) is 13.5. The summed E-state index contributed by atoms with van der Waals surface area (Å²) in [5.41, 5.74) is 2.61. The number of hydrogen-bond acceptors (Lipinski definition) is 2. The molecule has 98 valence electrons. The molecule has 0 radical (unpaired) electrons. The lowest BCUT2D eigenvalue weighted by Gasteiger charge is -2.01. The number of alkyl halides is 1. The smallest absolute Gasteiger partial charge is 0.177 e. The number of hydrogen-bond donors (Lipinski definition) is 0. The van der Waals surface area contributed by atoms with Crippen molar-refractivity contribution in [1.29, 1.82) is 5.26 Å². The van der Waals surface area contributed by atoms with E-state index in [2.05, 4.69) is 50.1 Å². The Morgan fingerprint density at radius 2 is 1.90 bits per heavy atom. The second kappa shape index (κ2) is 5.43. The fourth-order valence-corrected chi connectivity index (χ4v) is 3.05. The van der Waals surface area contributed by atoms with Gasteiger partial charge >= 0.3 is 0 Å². The van der Waals surface area contributed by atoms with E-state index in [0.29, 0.717) is 10.2 Å². The van der Waals surface area contributed by atoms with Crippen molar-refractivity contribution in [2.45, 2.75) is 5.33 Å². The van der Waals surface area contributed by atoms with Crippen LogP contribution in [0.2, 0.25) is 0 Å². The molecule has 0 fully saturated rings. The van der Waals surface area contributed by atoms with Crippen molar-refractivity contribution in [2.24, 2.45) is 0 Å². The molecule has 0 bridgehead atoms. The largest absolute Gasteiger partial charge is 0.448 e. The van der Waals surface area contributed by atoms with Gasteiger partial charge in [0.2, 0.25) is 0 Å². The van der Waals surface area contributed by atoms with Gasteiger partial charge in [0.15, 0.2) is 4.67 Å². The van der Waals surface area contributed by atoms with Crippen molar-refractivity contribution in [3.8, 4) is 17.4 Å². The summed E-state index contributed by atoms with van der Waals surface area (Å²) in [6.45, 7) is 0. The maximum absolute atomic E-state index is 9.23. The predicted molar refractivity (Wildman–Crippen MR) is 86.7 cm³/mol. The molecule has 0 N–H and O–H groups in total. The molecule has 0 saturated heterocycles. The molecule has 0 aliphatic carbocycles. The Labute approximate surface area is 133 Å². The third kappa shape index (κ3) is 2.17. The standard InChI is InChI=1S/C16H9Br2NO/c17-8-10-5-6-13-14(7-10)16(18)20-15(13)12-4-2-1-3-11(12)9-19/h1-7H,8H2. The summed E-state index contributed by atoms with van der Waals surface area (Å²) in [6.07, 6.45) is 0. The van der Waals surface area contributed by atoms with Gasteiger partial charge in [0, 0.05) is 21.7 Å². The first kappa shape index (κ1) is 13.4. The summed E-state index contributed by atoms with van der Waals surface area (Å²) in [4.78, 5) is 0. The maximum atomic E-state index is 9.23. The van der Waals surface area contributed by atoms with E-state index < -0.39 is 0 Å². The minimum Gasteiger partial charge on any atom is -0.448 e. The van der Waals surface area contributed by atoms with Crippen LogP contribution in [0, 0.1) is 11.3 Å². The molecule has 1 aromatic heterocycles. The molecule has 2 nitrogen and oxygen atoms in total. The highest BCUT2D eigenvalue weighted by atomic mass is 79.9. The van der Waals surface area contributed by atoms with E-state index >= 15 is 0 Å². The summed E-state index contributed by atoms with van der Waals surface area (Å²) < 4.78 is 6.54. The third-order valence-electron chi connectivity index (χ3n) is 3.18. The van der Waals surface area contributed by atoms with E-state index in [0.717, 1.165) is 27.4 Å². The highest BCUT2D eigenvalue weighted by molar-refractivity contribution is 9.10. The average Bonchev–Trinajstić information content (AvgIpc) is 2.83. The minimum atomic E-state index is 0.611. The van der Waals surface area contributed by atoms with Gasteiger partial charge in [-0.3, -0.25) is 0 Å². The van der Waals surface area contributed by atoms with Gasteiger partial charge < -0.3 is 4.42 Å². The van der Waals surface area contributed by atoms with E-state index in [9.17, 15) is 5.26 Å². The van der Waals surface area contributed by atoms with Gasteiger partial charge in [0.25, 0.3) is 0 Å². The lowest BCUT2D eigenvalue weighted by molar-refractivity contribution is 0.561. The van der Waals surface area contributed by atoms with Crippen LogP contribution in [0.15, 0.2) is 51.6 Å². The Morgan fingerprint density at radius 3 is 2.65 bits per heavy atom. The molecule has 20 heavy (non-hydrogen) atoms. The second-order valence-corrected chi connectivity index (χ2v) is 5.66. The summed E-state index contributed by atoms with van der Waals surface area (Å²) in [5.74, 6) is 0.727. The first-order valence-corrected chi connectivity index (χ1v) is 7.92. The molecule has 1 heterocycles. The zero-order valence-electron chi connectivity index (χ0n) is 10.4. The van der Waals surface area contributed by atoms with Crippen LogP contribution in [0.4, 0.5) is 0 Å². The first-order valence-electron chi connectivity index (χ1n) is 6.01. The van der Waals surface area contributed by atoms with Crippen LogP contribution in [-0.2, 0) is 5.33 Å². The van der Waals surface area contributed by atoms with E-state index in [4.69, 9.17) is 4.42 Å². The molecule has 0 amide bonds. The van der Waals surface area contributed by atoms with E-state index in [-0.39, 0.29) is 0 Å². The highest BCUT2D eigenvalue weighted by Crippen LogP contribution is 2.38. The normalized spacial score (nSPS) is 10.7. The number of fused-ring (bicyclic) bond motifs is 1. The van der Waals surface area contributed by atoms with Crippen LogP contribution in [0.5, 0.6) is 0 Å². The molecule has 2 aromatic carbocycles. The Balaban J connectivity index is 2.30. The Bertz CT molecular complexity index is 830. The van der Waals surface area contributed by atoms with Crippen molar-refractivity contribution in [3.05, 3.63) is 58.3 Å². The van der Waals surface area contributed by atoms with Crippen molar-refractivity contribution in [1.82, 2.24) is 0 Å². The van der Waals surface area contributed by atoms with Gasteiger partial charge in [-0.25, -0.2) is 0 Å². The Morgan fingerprint density at radius 1 is 1.10 bits per heavy atom. The van der Waals surface area contributed by atoms with Gasteiger partial charge in [-0.05, 0) is 39.7 Å². The van der Waals surface area contributed by atoms with Gasteiger partial charge in [0.1, 0.15) is 5.76 Å². The summed E-state index contributed by atoms with van der Waals surface area (Å²) >= 11 is 6.91. The minimum absolute atomic E-state index is 0.611. The SMILES string of the molecule is N#Cc1ccccc1-c1oc(Br)c2cc(CBr)ccc12. The summed E-state index contributed by atoms with van der Waals surface area (Å²) in [7, 11) is 0. The predicted octanol–water partition coefficient (Wildman–Crippen LogP) is 5.63. The first-order chi connectivity index (χ1) is 9.74. The van der Waals surface area contributed by atoms with Gasteiger partial charge in [-0.1, -0.05) is 40.2 Å². The molecule has 3 aromatic rings. The van der Waals surface area contributed by atoms with E-state index in [1.807, 2.05) is 24.3 Å². The van der Waals surface area contributed by atoms with Gasteiger partial charge in [0.05, 0.1) is 11.6 Å². The van der Waals surface area contributed by atoms with Crippen LogP contribution < -0.4 is 0 Å². The van der Waals surface area contributed by atoms with Crippen molar-refractivity contribution in [3.63, 3.8) is 0 Å². The van der Waals surface area contributed by atoms with Gasteiger partial charge in [-0.2, -0.15) is 5.26 Å². The molecule has 0 spiro atoms. The van der Waals surface area contributed by atoms with Crippen molar-refractivity contribution in [2.75, 3.05) is 0 Å². The topological polar surface area (TPSA) is 36.9 Å². The quantitative estimate of drug-likeness (QED) is 0.531. The lowest BCUT2D eigenvalue weighted by Crippen LogP contribution is -1.82. The molecule has 0 saturated carbocycles. The molecule has 4 heteroatoms. The molecule has 0 atom stereocenters. The third-order valence-corrected chi connectivity index (χ3v) is 4.41. The number of rotatable bonds is 2. The average molecular weight is 391 g/mol. The number of furan rings is 1. The van der Waals surface area contributed by atoms with Crippen LogP contribution >= 0.6 is 31.9 Å². The van der Waals surface area contributed by atoms with Gasteiger partial charge in [-0.15, -0.1) is 0 Å². The van der Waals surface area contributed by atoms with E-state index in [1.54, 1.807) is 6.07 Å². The highest BCUT2D eigenvalue weighted by Gasteiger charge is 2.16. The number of nitriles is 1. The molecule has 0 aliphatic rings. The van der Waals surface area contributed by atoms with Crippen LogP contribution in [-0.4, -0.2) is 0 Å².